The van der Waals surface area contributed by atoms with Gasteiger partial charge in [0, 0.05) is 24.0 Å². The van der Waals surface area contributed by atoms with Crippen LogP contribution in [0.1, 0.15) is 0 Å². The Labute approximate surface area is 155 Å². The van der Waals surface area contributed by atoms with E-state index in [1.54, 1.807) is 49.8 Å². The van der Waals surface area contributed by atoms with Crippen molar-refractivity contribution < 1.29 is 14.3 Å². The summed E-state index contributed by atoms with van der Waals surface area (Å²) < 4.78 is 12.1. The average molecular weight is 360 g/mol. The molecule has 1 amide bonds. The molecule has 0 saturated carbocycles. The summed E-state index contributed by atoms with van der Waals surface area (Å²) in [6.45, 7) is 0. The number of aromatic nitrogens is 3. The van der Waals surface area contributed by atoms with Gasteiger partial charge in [0.2, 0.25) is 5.88 Å². The van der Waals surface area contributed by atoms with Gasteiger partial charge in [-0.25, -0.2) is 14.8 Å². The quantitative estimate of drug-likeness (QED) is 0.595. The fourth-order valence-corrected chi connectivity index (χ4v) is 2.62. The summed E-state index contributed by atoms with van der Waals surface area (Å²) in [4.78, 5) is 20.6. The molecule has 0 saturated heterocycles. The number of carbonyl (C=O) groups excluding carboxylic acids is 1. The van der Waals surface area contributed by atoms with Crippen LogP contribution in [0.25, 0.3) is 16.8 Å². The van der Waals surface area contributed by atoms with Crippen molar-refractivity contribution in [3.05, 3.63) is 73.2 Å². The zero-order chi connectivity index (χ0) is 18.6. The van der Waals surface area contributed by atoms with Crippen LogP contribution in [0.15, 0.2) is 73.2 Å². The van der Waals surface area contributed by atoms with Crippen LogP contribution < -0.4 is 14.8 Å². The predicted octanol–water partition coefficient (Wildman–Crippen LogP) is 4.02. The highest BCUT2D eigenvalue weighted by Gasteiger charge is 2.09. The van der Waals surface area contributed by atoms with E-state index in [9.17, 15) is 4.79 Å². The maximum absolute atomic E-state index is 12.0. The Morgan fingerprint density at radius 2 is 1.81 bits per heavy atom. The monoisotopic (exact) mass is 360 g/mol. The van der Waals surface area contributed by atoms with Gasteiger partial charge in [-0.3, -0.25) is 5.32 Å². The highest BCUT2D eigenvalue weighted by molar-refractivity contribution is 5.85. The first-order valence-electron chi connectivity index (χ1n) is 8.24. The van der Waals surface area contributed by atoms with Crippen LogP contribution in [-0.2, 0) is 0 Å². The molecule has 0 aliphatic carbocycles. The van der Waals surface area contributed by atoms with Crippen LogP contribution in [0, 0.1) is 0 Å². The van der Waals surface area contributed by atoms with Gasteiger partial charge < -0.3 is 13.9 Å². The lowest BCUT2D eigenvalue weighted by atomic mass is 10.1. The van der Waals surface area contributed by atoms with Crippen molar-refractivity contribution in [1.29, 1.82) is 0 Å². The Balaban J connectivity index is 1.52. The van der Waals surface area contributed by atoms with Crippen molar-refractivity contribution in [3.8, 4) is 22.8 Å². The molecule has 7 nitrogen and oxygen atoms in total. The molecule has 0 radical (unpaired) electrons. The van der Waals surface area contributed by atoms with Crippen molar-refractivity contribution in [1.82, 2.24) is 14.4 Å². The van der Waals surface area contributed by atoms with Gasteiger partial charge in [0.05, 0.1) is 13.3 Å². The van der Waals surface area contributed by atoms with Crippen LogP contribution in [0.5, 0.6) is 11.6 Å². The van der Waals surface area contributed by atoms with Crippen molar-refractivity contribution in [2.45, 2.75) is 0 Å². The SMILES string of the molecule is COc1ccc(-c2ccc3nc(NC(=O)Oc4ccccc4)cn3c2)cn1. The molecule has 0 unspecified atom stereocenters. The number of hydrogen-bond acceptors (Lipinski definition) is 5. The predicted molar refractivity (Wildman–Crippen MR) is 101 cm³/mol. The zero-order valence-corrected chi connectivity index (χ0v) is 14.5. The number of para-hydroxylation sites is 1. The van der Waals surface area contributed by atoms with Gasteiger partial charge in [0.15, 0.2) is 5.82 Å². The maximum Gasteiger partial charge on any atom is 0.418 e. The topological polar surface area (TPSA) is 77.8 Å². The first-order chi connectivity index (χ1) is 13.2. The number of amides is 1. The molecule has 134 valence electrons. The number of imidazole rings is 1. The number of ether oxygens (including phenoxy) is 2. The summed E-state index contributed by atoms with van der Waals surface area (Å²) in [5, 5.41) is 2.63. The highest BCUT2D eigenvalue weighted by atomic mass is 16.6. The van der Waals surface area contributed by atoms with E-state index in [0.29, 0.717) is 23.1 Å². The van der Waals surface area contributed by atoms with E-state index in [0.717, 1.165) is 11.1 Å². The highest BCUT2D eigenvalue weighted by Crippen LogP contribution is 2.22. The summed E-state index contributed by atoms with van der Waals surface area (Å²) in [6, 6.07) is 16.4. The second-order valence-electron chi connectivity index (χ2n) is 5.73. The van der Waals surface area contributed by atoms with Crippen molar-refractivity contribution in [2.75, 3.05) is 12.4 Å². The molecule has 7 heteroatoms. The summed E-state index contributed by atoms with van der Waals surface area (Å²) in [6.07, 6.45) is 4.79. The van der Waals surface area contributed by atoms with E-state index in [-0.39, 0.29) is 0 Å². The Morgan fingerprint density at radius 1 is 1.00 bits per heavy atom. The van der Waals surface area contributed by atoms with Crippen molar-refractivity contribution in [2.24, 2.45) is 0 Å². The second kappa shape index (κ2) is 7.17. The van der Waals surface area contributed by atoms with Gasteiger partial charge in [-0.15, -0.1) is 0 Å². The van der Waals surface area contributed by atoms with E-state index in [1.165, 1.54) is 0 Å². The molecule has 1 aromatic carbocycles. The number of pyridine rings is 2. The smallest absolute Gasteiger partial charge is 0.418 e. The Bertz CT molecular complexity index is 1080. The molecular formula is C20H16N4O3. The molecule has 0 fully saturated rings. The van der Waals surface area contributed by atoms with Crippen molar-refractivity contribution >= 4 is 17.6 Å². The van der Waals surface area contributed by atoms with Crippen LogP contribution in [0.4, 0.5) is 10.6 Å². The molecule has 27 heavy (non-hydrogen) atoms. The molecule has 0 bridgehead atoms. The number of methoxy groups -OCH3 is 1. The van der Waals surface area contributed by atoms with E-state index < -0.39 is 6.09 Å². The lowest BCUT2D eigenvalue weighted by Gasteiger charge is -2.03. The Morgan fingerprint density at radius 3 is 2.56 bits per heavy atom. The first kappa shape index (κ1) is 16.6. The lowest BCUT2D eigenvalue weighted by molar-refractivity contribution is 0.215. The molecule has 1 N–H and O–H groups in total. The van der Waals surface area contributed by atoms with Gasteiger partial charge in [-0.1, -0.05) is 18.2 Å². The first-order valence-corrected chi connectivity index (χ1v) is 8.24. The second-order valence-corrected chi connectivity index (χ2v) is 5.73. The molecule has 3 aromatic heterocycles. The number of fused-ring (bicyclic) bond motifs is 1. The van der Waals surface area contributed by atoms with Crippen molar-refractivity contribution in [3.63, 3.8) is 0 Å². The number of benzene rings is 1. The van der Waals surface area contributed by atoms with Gasteiger partial charge >= 0.3 is 6.09 Å². The van der Waals surface area contributed by atoms with Gasteiger partial charge in [0.1, 0.15) is 11.4 Å². The van der Waals surface area contributed by atoms with Crippen LogP contribution in [-0.4, -0.2) is 27.6 Å². The molecule has 0 atom stereocenters. The lowest BCUT2D eigenvalue weighted by Crippen LogP contribution is -2.16. The zero-order valence-electron chi connectivity index (χ0n) is 14.5. The average Bonchev–Trinajstić information content (AvgIpc) is 3.10. The number of rotatable bonds is 4. The number of carbonyl (C=O) groups is 1. The summed E-state index contributed by atoms with van der Waals surface area (Å²) >= 11 is 0. The van der Waals surface area contributed by atoms with Crippen LogP contribution >= 0.6 is 0 Å². The van der Waals surface area contributed by atoms with E-state index in [1.807, 2.05) is 34.9 Å². The summed E-state index contributed by atoms with van der Waals surface area (Å²) in [5.41, 5.74) is 2.62. The molecule has 3 heterocycles. The number of hydrogen-bond donors (Lipinski definition) is 1. The van der Waals surface area contributed by atoms with Crippen LogP contribution in [0.2, 0.25) is 0 Å². The Hall–Kier alpha value is -3.87. The number of nitrogens with one attached hydrogen (secondary N) is 1. The standard InChI is InChI=1S/C20H16N4O3/c1-26-19-10-8-14(11-21-19)15-7-9-18-22-17(13-24(18)12-15)23-20(25)27-16-5-3-2-4-6-16/h2-13H,1H3,(H,23,25). The summed E-state index contributed by atoms with van der Waals surface area (Å²) in [5.74, 6) is 1.43. The molecule has 0 aliphatic rings. The molecule has 0 spiro atoms. The fourth-order valence-electron chi connectivity index (χ4n) is 2.62. The minimum absolute atomic E-state index is 0.404. The molecular weight excluding hydrogens is 344 g/mol. The molecule has 4 rings (SSSR count). The third-order valence-corrected chi connectivity index (χ3v) is 3.91. The van der Waals surface area contributed by atoms with Crippen LogP contribution in [0.3, 0.4) is 0 Å². The number of anilines is 1. The normalized spacial score (nSPS) is 10.6. The van der Waals surface area contributed by atoms with Gasteiger partial charge in [-0.2, -0.15) is 0 Å². The largest absolute Gasteiger partial charge is 0.481 e. The third kappa shape index (κ3) is 3.72. The van der Waals surface area contributed by atoms with E-state index in [2.05, 4.69) is 15.3 Å². The Kier molecular flexibility index (Phi) is 4.40. The molecule has 0 aliphatic heterocycles. The maximum atomic E-state index is 12.0. The number of nitrogens with zero attached hydrogens (tertiary/aromatic N) is 3. The fraction of sp³-hybridized carbons (Fsp3) is 0.0500. The minimum Gasteiger partial charge on any atom is -0.481 e. The van der Waals surface area contributed by atoms with Gasteiger partial charge in [0.25, 0.3) is 0 Å². The molecule has 4 aromatic rings. The third-order valence-electron chi connectivity index (χ3n) is 3.91. The van der Waals surface area contributed by atoms with Gasteiger partial charge in [-0.05, 0) is 35.9 Å². The summed E-state index contributed by atoms with van der Waals surface area (Å²) in [7, 11) is 1.58. The van der Waals surface area contributed by atoms with E-state index >= 15 is 0 Å². The minimum atomic E-state index is -0.593. The van der Waals surface area contributed by atoms with E-state index in [4.69, 9.17) is 9.47 Å².